The molecule has 1 saturated heterocycles. The van der Waals surface area contributed by atoms with Crippen molar-refractivity contribution >= 4 is 18.1 Å². The van der Waals surface area contributed by atoms with E-state index in [1.54, 1.807) is 11.1 Å². The molecule has 0 unspecified atom stereocenters. The standard InChI is InChI=1S/C16H20N2O3/c1-12-3-2-4-13(11-12)5-8-17-16(21)18-9-6-14(7-10-18)15(19)20/h2-5,8,11,14H,6-7,9-10H2,1H3,(H,17,21)(H,19,20)/b8-5+. The summed E-state index contributed by atoms with van der Waals surface area (Å²) in [6.45, 7) is 2.99. The van der Waals surface area contributed by atoms with E-state index >= 15 is 0 Å². The summed E-state index contributed by atoms with van der Waals surface area (Å²) in [6.07, 6.45) is 4.50. The van der Waals surface area contributed by atoms with Crippen LogP contribution in [0.3, 0.4) is 0 Å². The molecule has 1 aromatic rings. The van der Waals surface area contributed by atoms with Crippen LogP contribution in [0.15, 0.2) is 30.5 Å². The van der Waals surface area contributed by atoms with E-state index < -0.39 is 5.97 Å². The van der Waals surface area contributed by atoms with Gasteiger partial charge in [0.2, 0.25) is 0 Å². The molecule has 2 amide bonds. The van der Waals surface area contributed by atoms with Crippen LogP contribution in [-0.2, 0) is 4.79 Å². The molecule has 1 fully saturated rings. The van der Waals surface area contributed by atoms with Crippen molar-refractivity contribution in [3.63, 3.8) is 0 Å². The Morgan fingerprint density at radius 3 is 2.67 bits per heavy atom. The van der Waals surface area contributed by atoms with Crippen LogP contribution in [0, 0.1) is 12.8 Å². The second-order valence-electron chi connectivity index (χ2n) is 5.30. The molecule has 0 bridgehead atoms. The monoisotopic (exact) mass is 288 g/mol. The van der Waals surface area contributed by atoms with E-state index in [2.05, 4.69) is 5.32 Å². The predicted octanol–water partition coefficient (Wildman–Crippen LogP) is 2.47. The minimum Gasteiger partial charge on any atom is -0.481 e. The Labute approximate surface area is 124 Å². The van der Waals surface area contributed by atoms with Gasteiger partial charge in [0.25, 0.3) is 0 Å². The number of rotatable bonds is 3. The number of carbonyl (C=O) groups is 2. The van der Waals surface area contributed by atoms with Crippen LogP contribution in [0.5, 0.6) is 0 Å². The number of hydrogen-bond acceptors (Lipinski definition) is 2. The van der Waals surface area contributed by atoms with Crippen LogP contribution in [0.1, 0.15) is 24.0 Å². The van der Waals surface area contributed by atoms with E-state index in [9.17, 15) is 9.59 Å². The van der Waals surface area contributed by atoms with Crippen molar-refractivity contribution in [1.29, 1.82) is 0 Å². The first-order chi connectivity index (χ1) is 10.1. The second kappa shape index (κ2) is 6.92. The van der Waals surface area contributed by atoms with Crippen LogP contribution in [0.25, 0.3) is 6.08 Å². The van der Waals surface area contributed by atoms with E-state index in [1.807, 2.05) is 37.3 Å². The Balaban J connectivity index is 1.81. The Morgan fingerprint density at radius 2 is 2.05 bits per heavy atom. The molecule has 1 heterocycles. The smallest absolute Gasteiger partial charge is 0.321 e. The van der Waals surface area contributed by atoms with Crippen LogP contribution < -0.4 is 5.32 Å². The number of amides is 2. The van der Waals surface area contributed by atoms with E-state index in [1.165, 1.54) is 5.56 Å². The Bertz CT molecular complexity index is 546. The first-order valence-corrected chi connectivity index (χ1v) is 7.08. The van der Waals surface area contributed by atoms with Crippen molar-refractivity contribution < 1.29 is 14.7 Å². The fourth-order valence-corrected chi connectivity index (χ4v) is 2.40. The summed E-state index contributed by atoms with van der Waals surface area (Å²) in [5, 5.41) is 11.6. The molecule has 2 N–H and O–H groups in total. The molecule has 1 aliphatic heterocycles. The van der Waals surface area contributed by atoms with E-state index in [0.29, 0.717) is 25.9 Å². The van der Waals surface area contributed by atoms with E-state index in [4.69, 9.17) is 5.11 Å². The van der Waals surface area contributed by atoms with Gasteiger partial charge in [-0.3, -0.25) is 4.79 Å². The third-order valence-corrected chi connectivity index (χ3v) is 3.66. The minimum atomic E-state index is -0.769. The molecule has 0 aliphatic carbocycles. The van der Waals surface area contributed by atoms with Gasteiger partial charge < -0.3 is 15.3 Å². The maximum Gasteiger partial charge on any atom is 0.321 e. The first kappa shape index (κ1) is 15.1. The summed E-state index contributed by atoms with van der Waals surface area (Å²) >= 11 is 0. The van der Waals surface area contributed by atoms with Gasteiger partial charge in [-0.2, -0.15) is 0 Å². The molecule has 5 heteroatoms. The maximum atomic E-state index is 11.9. The third-order valence-electron chi connectivity index (χ3n) is 3.66. The van der Waals surface area contributed by atoms with Gasteiger partial charge in [0.15, 0.2) is 0 Å². The van der Waals surface area contributed by atoms with Crippen LogP contribution >= 0.6 is 0 Å². The average Bonchev–Trinajstić information content (AvgIpc) is 2.47. The van der Waals surface area contributed by atoms with Crippen molar-refractivity contribution in [2.75, 3.05) is 13.1 Å². The summed E-state index contributed by atoms with van der Waals surface area (Å²) in [5.41, 5.74) is 2.19. The number of likely N-dealkylation sites (tertiary alicyclic amines) is 1. The first-order valence-electron chi connectivity index (χ1n) is 7.08. The highest BCUT2D eigenvalue weighted by atomic mass is 16.4. The summed E-state index contributed by atoms with van der Waals surface area (Å²) in [4.78, 5) is 24.5. The van der Waals surface area contributed by atoms with Crippen molar-refractivity contribution in [3.05, 3.63) is 41.6 Å². The van der Waals surface area contributed by atoms with E-state index in [0.717, 1.165) is 5.56 Å². The van der Waals surface area contributed by atoms with Crippen LogP contribution in [0.4, 0.5) is 4.79 Å². The molecule has 0 spiro atoms. The van der Waals surface area contributed by atoms with Crippen molar-refractivity contribution in [3.8, 4) is 0 Å². The Kier molecular flexibility index (Phi) is 4.98. The van der Waals surface area contributed by atoms with Crippen molar-refractivity contribution in [2.24, 2.45) is 5.92 Å². The number of urea groups is 1. The predicted molar refractivity (Wildman–Crippen MR) is 80.7 cm³/mol. The topological polar surface area (TPSA) is 69.6 Å². The Morgan fingerprint density at radius 1 is 1.33 bits per heavy atom. The summed E-state index contributed by atoms with van der Waals surface area (Å²) in [5.74, 6) is -1.09. The van der Waals surface area contributed by atoms with Gasteiger partial charge in [0, 0.05) is 19.3 Å². The number of carbonyl (C=O) groups excluding carboxylic acids is 1. The molecule has 0 radical (unpaired) electrons. The minimum absolute atomic E-state index is 0.178. The van der Waals surface area contributed by atoms with Crippen LogP contribution in [0.2, 0.25) is 0 Å². The average molecular weight is 288 g/mol. The molecule has 21 heavy (non-hydrogen) atoms. The molecule has 2 rings (SSSR count). The van der Waals surface area contributed by atoms with Gasteiger partial charge in [-0.05, 0) is 31.4 Å². The van der Waals surface area contributed by atoms with Crippen molar-refractivity contribution in [2.45, 2.75) is 19.8 Å². The van der Waals surface area contributed by atoms with Gasteiger partial charge in [0.1, 0.15) is 0 Å². The molecule has 1 aliphatic rings. The number of carboxylic acid groups (broad SMARTS) is 1. The van der Waals surface area contributed by atoms with E-state index in [-0.39, 0.29) is 11.9 Å². The molecule has 0 saturated carbocycles. The molecular formula is C16H20N2O3. The zero-order chi connectivity index (χ0) is 15.2. The van der Waals surface area contributed by atoms with Crippen molar-refractivity contribution in [1.82, 2.24) is 10.2 Å². The lowest BCUT2D eigenvalue weighted by atomic mass is 9.97. The lowest BCUT2D eigenvalue weighted by Gasteiger charge is -2.29. The van der Waals surface area contributed by atoms with Gasteiger partial charge >= 0.3 is 12.0 Å². The lowest BCUT2D eigenvalue weighted by molar-refractivity contribution is -0.143. The number of carboxylic acids is 1. The summed E-state index contributed by atoms with van der Waals surface area (Å²) in [7, 11) is 0. The van der Waals surface area contributed by atoms with Gasteiger partial charge in [-0.1, -0.05) is 29.8 Å². The number of aliphatic carboxylic acids is 1. The summed E-state index contributed by atoms with van der Waals surface area (Å²) in [6, 6.07) is 7.80. The van der Waals surface area contributed by atoms with Gasteiger partial charge in [-0.15, -0.1) is 0 Å². The highest BCUT2D eigenvalue weighted by Gasteiger charge is 2.26. The highest BCUT2D eigenvalue weighted by Crippen LogP contribution is 2.17. The van der Waals surface area contributed by atoms with Gasteiger partial charge in [-0.25, -0.2) is 4.79 Å². The number of hydrogen-bond donors (Lipinski definition) is 2. The maximum absolute atomic E-state index is 11.9. The third kappa shape index (κ3) is 4.34. The number of benzene rings is 1. The molecule has 1 aromatic carbocycles. The quantitative estimate of drug-likeness (QED) is 0.897. The molecular weight excluding hydrogens is 268 g/mol. The molecule has 0 aromatic heterocycles. The number of piperidine rings is 1. The molecule has 112 valence electrons. The molecule has 0 atom stereocenters. The largest absolute Gasteiger partial charge is 0.481 e. The zero-order valence-corrected chi connectivity index (χ0v) is 12.1. The lowest BCUT2D eigenvalue weighted by Crippen LogP contribution is -2.44. The fourth-order valence-electron chi connectivity index (χ4n) is 2.40. The highest BCUT2D eigenvalue weighted by molar-refractivity contribution is 5.77. The number of nitrogens with one attached hydrogen (secondary N) is 1. The van der Waals surface area contributed by atoms with Gasteiger partial charge in [0.05, 0.1) is 5.92 Å². The Hall–Kier alpha value is -2.30. The van der Waals surface area contributed by atoms with Crippen LogP contribution in [-0.4, -0.2) is 35.1 Å². The number of nitrogens with zero attached hydrogens (tertiary/aromatic N) is 1. The number of aryl methyl sites for hydroxylation is 1. The SMILES string of the molecule is Cc1cccc(/C=C/NC(=O)N2CCC(C(=O)O)CC2)c1. The normalized spacial score (nSPS) is 16.1. The fraction of sp³-hybridized carbons (Fsp3) is 0.375. The zero-order valence-electron chi connectivity index (χ0n) is 12.1. The second-order valence-corrected chi connectivity index (χ2v) is 5.30. The molecule has 5 nitrogen and oxygen atoms in total. The summed E-state index contributed by atoms with van der Waals surface area (Å²) < 4.78 is 0.